The highest BCUT2D eigenvalue weighted by molar-refractivity contribution is 9.10. The van der Waals surface area contributed by atoms with Crippen LogP contribution in [0.5, 0.6) is 0 Å². The highest BCUT2D eigenvalue weighted by Crippen LogP contribution is 2.28. The Bertz CT molecular complexity index is 764. The zero-order chi connectivity index (χ0) is 14.2. The van der Waals surface area contributed by atoms with E-state index in [-0.39, 0.29) is 0 Å². The predicted octanol–water partition coefficient (Wildman–Crippen LogP) is 4.18. The summed E-state index contributed by atoms with van der Waals surface area (Å²) in [7, 11) is 0. The lowest BCUT2D eigenvalue weighted by atomic mass is 10.1. The van der Waals surface area contributed by atoms with Gasteiger partial charge >= 0.3 is 0 Å². The molecule has 0 N–H and O–H groups in total. The zero-order valence-electron chi connectivity index (χ0n) is 11.1. The quantitative estimate of drug-likeness (QED) is 0.682. The van der Waals surface area contributed by atoms with Crippen LogP contribution in [-0.4, -0.2) is 21.6 Å². The van der Waals surface area contributed by atoms with E-state index in [4.69, 9.17) is 4.52 Å². The van der Waals surface area contributed by atoms with E-state index in [1.165, 1.54) is 10.4 Å². The molecule has 21 heavy (non-hydrogen) atoms. The molecular formula is C14H12BrN3OS2. The number of rotatable bonds is 3. The maximum Gasteiger partial charge on any atom is 0.241 e. The number of hydrogen-bond acceptors (Lipinski definition) is 6. The summed E-state index contributed by atoms with van der Waals surface area (Å²) in [4.78, 5) is 9.40. The van der Waals surface area contributed by atoms with Crippen molar-refractivity contribution in [3.8, 4) is 10.7 Å². The minimum absolute atomic E-state index is 0.675. The van der Waals surface area contributed by atoms with Crippen LogP contribution in [0.3, 0.4) is 0 Å². The molecule has 7 heteroatoms. The summed E-state index contributed by atoms with van der Waals surface area (Å²) in [6.45, 7) is 2.74. The second-order valence-electron chi connectivity index (χ2n) is 4.97. The van der Waals surface area contributed by atoms with E-state index in [1.807, 2.05) is 22.8 Å². The van der Waals surface area contributed by atoms with E-state index in [0.29, 0.717) is 11.7 Å². The fraction of sp³-hybridized carbons (Fsp3) is 0.286. The van der Waals surface area contributed by atoms with Gasteiger partial charge in [-0.2, -0.15) is 4.98 Å². The van der Waals surface area contributed by atoms with Gasteiger partial charge in [-0.15, -0.1) is 22.7 Å². The maximum atomic E-state index is 5.39. The van der Waals surface area contributed by atoms with E-state index in [2.05, 4.69) is 42.4 Å². The molecule has 4 rings (SSSR count). The first kappa shape index (κ1) is 13.6. The third-order valence-electron chi connectivity index (χ3n) is 3.50. The van der Waals surface area contributed by atoms with Crippen LogP contribution in [0.25, 0.3) is 10.7 Å². The molecule has 0 spiro atoms. The van der Waals surface area contributed by atoms with Gasteiger partial charge < -0.3 is 4.52 Å². The van der Waals surface area contributed by atoms with Gasteiger partial charge in [0.25, 0.3) is 0 Å². The van der Waals surface area contributed by atoms with Crippen molar-refractivity contribution in [3.05, 3.63) is 43.7 Å². The number of hydrogen-bond donors (Lipinski definition) is 0. The molecule has 0 fully saturated rings. The number of thiophene rings is 2. The van der Waals surface area contributed by atoms with Crippen LogP contribution in [0.2, 0.25) is 0 Å². The fourth-order valence-electron chi connectivity index (χ4n) is 2.48. The van der Waals surface area contributed by atoms with Crippen molar-refractivity contribution in [2.45, 2.75) is 19.5 Å². The molecule has 0 radical (unpaired) electrons. The van der Waals surface area contributed by atoms with Gasteiger partial charge in [0.15, 0.2) is 0 Å². The first-order chi connectivity index (χ1) is 10.3. The Kier molecular flexibility index (Phi) is 3.66. The average Bonchev–Trinajstić information content (AvgIpc) is 3.18. The first-order valence-electron chi connectivity index (χ1n) is 6.62. The summed E-state index contributed by atoms with van der Waals surface area (Å²) < 4.78 is 6.44. The lowest BCUT2D eigenvalue weighted by Gasteiger charge is -2.24. The van der Waals surface area contributed by atoms with Crippen molar-refractivity contribution in [2.24, 2.45) is 0 Å². The minimum Gasteiger partial charge on any atom is -0.338 e. The Balaban J connectivity index is 1.47. The first-order valence-corrected chi connectivity index (χ1v) is 9.18. The Labute approximate surface area is 138 Å². The molecule has 1 aliphatic heterocycles. The number of halogens is 1. The Morgan fingerprint density at radius 2 is 2.33 bits per heavy atom. The predicted molar refractivity (Wildman–Crippen MR) is 87.4 cm³/mol. The summed E-state index contributed by atoms with van der Waals surface area (Å²) in [5, 5.41) is 8.27. The molecule has 0 saturated carbocycles. The van der Waals surface area contributed by atoms with Crippen molar-refractivity contribution in [2.75, 3.05) is 6.54 Å². The summed E-state index contributed by atoms with van der Waals surface area (Å²) in [6, 6.07) is 4.23. The third kappa shape index (κ3) is 2.83. The molecule has 0 atom stereocenters. The molecule has 0 amide bonds. The SMILES string of the molecule is Brc1csc(-c2noc(CN3CCc4sccc4C3)n2)c1. The third-order valence-corrected chi connectivity index (χ3v) is 6.21. The van der Waals surface area contributed by atoms with Crippen molar-refractivity contribution in [3.63, 3.8) is 0 Å². The maximum absolute atomic E-state index is 5.39. The summed E-state index contributed by atoms with van der Waals surface area (Å²) in [6.07, 6.45) is 1.12. The van der Waals surface area contributed by atoms with Crippen LogP contribution in [-0.2, 0) is 19.5 Å². The topological polar surface area (TPSA) is 42.2 Å². The van der Waals surface area contributed by atoms with Crippen LogP contribution in [0, 0.1) is 0 Å². The van der Waals surface area contributed by atoms with Crippen LogP contribution >= 0.6 is 38.6 Å². The van der Waals surface area contributed by atoms with Crippen LogP contribution < -0.4 is 0 Å². The summed E-state index contributed by atoms with van der Waals surface area (Å²) in [5.41, 5.74) is 1.44. The monoisotopic (exact) mass is 381 g/mol. The summed E-state index contributed by atoms with van der Waals surface area (Å²) in [5.74, 6) is 1.36. The van der Waals surface area contributed by atoms with E-state index in [9.17, 15) is 0 Å². The van der Waals surface area contributed by atoms with Crippen LogP contribution in [0.1, 0.15) is 16.3 Å². The smallest absolute Gasteiger partial charge is 0.241 e. The van der Waals surface area contributed by atoms with Crippen LogP contribution in [0.4, 0.5) is 0 Å². The highest BCUT2D eigenvalue weighted by atomic mass is 79.9. The second-order valence-corrected chi connectivity index (χ2v) is 7.80. The minimum atomic E-state index is 0.675. The molecule has 3 aromatic rings. The molecule has 0 unspecified atom stereocenters. The van der Waals surface area contributed by atoms with Gasteiger partial charge in [0.2, 0.25) is 11.7 Å². The van der Waals surface area contributed by atoms with Crippen molar-refractivity contribution < 1.29 is 4.52 Å². The molecule has 0 saturated heterocycles. The molecule has 0 aromatic carbocycles. The fourth-order valence-corrected chi connectivity index (χ4v) is 4.72. The second kappa shape index (κ2) is 5.64. The molecule has 3 aromatic heterocycles. The zero-order valence-corrected chi connectivity index (χ0v) is 14.3. The molecule has 108 valence electrons. The van der Waals surface area contributed by atoms with Gasteiger partial charge in [-0.05, 0) is 45.4 Å². The standard InChI is InChI=1S/C14H12BrN3OS2/c15-10-5-12(21-8-10)14-16-13(19-17-14)7-18-3-1-11-9(6-18)2-4-20-11/h2,4-5,8H,1,3,6-7H2. The van der Waals surface area contributed by atoms with E-state index < -0.39 is 0 Å². The van der Waals surface area contributed by atoms with Gasteiger partial charge in [-0.3, -0.25) is 4.90 Å². The van der Waals surface area contributed by atoms with Gasteiger partial charge in [0.1, 0.15) is 0 Å². The van der Waals surface area contributed by atoms with E-state index in [1.54, 1.807) is 11.3 Å². The van der Waals surface area contributed by atoms with Gasteiger partial charge in [-0.25, -0.2) is 0 Å². The molecule has 0 bridgehead atoms. The summed E-state index contributed by atoms with van der Waals surface area (Å²) >= 11 is 6.91. The normalized spacial score (nSPS) is 15.3. The molecule has 4 heterocycles. The van der Waals surface area contributed by atoms with Crippen molar-refractivity contribution in [1.82, 2.24) is 15.0 Å². The number of fused-ring (bicyclic) bond motifs is 1. The number of aromatic nitrogens is 2. The number of nitrogens with zero attached hydrogens (tertiary/aromatic N) is 3. The largest absolute Gasteiger partial charge is 0.338 e. The van der Waals surface area contributed by atoms with Gasteiger partial charge in [0, 0.05) is 27.8 Å². The van der Waals surface area contributed by atoms with Gasteiger partial charge in [0.05, 0.1) is 11.4 Å². The van der Waals surface area contributed by atoms with Gasteiger partial charge in [-0.1, -0.05) is 5.16 Å². The molecule has 4 nitrogen and oxygen atoms in total. The highest BCUT2D eigenvalue weighted by Gasteiger charge is 2.20. The van der Waals surface area contributed by atoms with Crippen molar-refractivity contribution in [1.29, 1.82) is 0 Å². The van der Waals surface area contributed by atoms with E-state index in [0.717, 1.165) is 35.4 Å². The van der Waals surface area contributed by atoms with E-state index >= 15 is 0 Å². The molecule has 1 aliphatic rings. The molecular weight excluding hydrogens is 370 g/mol. The Hall–Kier alpha value is -1.02. The molecule has 0 aliphatic carbocycles. The van der Waals surface area contributed by atoms with Crippen molar-refractivity contribution >= 4 is 38.6 Å². The lowest BCUT2D eigenvalue weighted by Crippen LogP contribution is -2.29. The average molecular weight is 382 g/mol. The lowest BCUT2D eigenvalue weighted by molar-refractivity contribution is 0.212. The van der Waals surface area contributed by atoms with Crippen LogP contribution in [0.15, 0.2) is 31.9 Å². The Morgan fingerprint density at radius 3 is 3.19 bits per heavy atom. The Morgan fingerprint density at radius 1 is 1.38 bits per heavy atom.